The Morgan fingerprint density at radius 2 is 1.81 bits per heavy atom. The first-order valence-electron chi connectivity index (χ1n) is 8.32. The number of aliphatic carboxylic acids is 1. The van der Waals surface area contributed by atoms with E-state index in [1.807, 2.05) is 32.0 Å². The standard InChI is InChI=1S/C20H20N2O4/c1-12-7-13(2)9-15(8-12)18(20(25)26)21-17(23)11-22-10-14-5-3-4-6-16(14)19(22)24/h3-9,18H,10-11H2,1-2H3,(H,21,23)(H,25,26). The van der Waals surface area contributed by atoms with Crippen LogP contribution in [0.15, 0.2) is 42.5 Å². The van der Waals surface area contributed by atoms with Gasteiger partial charge >= 0.3 is 5.97 Å². The van der Waals surface area contributed by atoms with E-state index in [0.29, 0.717) is 17.7 Å². The number of nitrogens with zero attached hydrogens (tertiary/aromatic N) is 1. The average Bonchev–Trinajstić information content (AvgIpc) is 2.88. The maximum absolute atomic E-state index is 12.4. The molecule has 2 amide bonds. The van der Waals surface area contributed by atoms with Crippen LogP contribution in [0.4, 0.5) is 0 Å². The molecule has 1 unspecified atom stereocenters. The second-order valence-corrected chi connectivity index (χ2v) is 6.58. The van der Waals surface area contributed by atoms with Crippen LogP contribution >= 0.6 is 0 Å². The normalized spacial score (nSPS) is 14.1. The van der Waals surface area contributed by atoms with Crippen molar-refractivity contribution in [3.8, 4) is 0 Å². The van der Waals surface area contributed by atoms with Crippen LogP contribution in [0.3, 0.4) is 0 Å². The number of benzene rings is 2. The topological polar surface area (TPSA) is 86.7 Å². The zero-order valence-electron chi connectivity index (χ0n) is 14.7. The Bertz CT molecular complexity index is 871. The number of fused-ring (bicyclic) bond motifs is 1. The number of rotatable bonds is 5. The molecule has 6 heteroatoms. The van der Waals surface area contributed by atoms with Gasteiger partial charge in [-0.2, -0.15) is 0 Å². The molecule has 2 aromatic carbocycles. The average molecular weight is 352 g/mol. The molecule has 6 nitrogen and oxygen atoms in total. The zero-order chi connectivity index (χ0) is 18.8. The first kappa shape index (κ1) is 17.7. The molecule has 134 valence electrons. The third kappa shape index (κ3) is 3.59. The highest BCUT2D eigenvalue weighted by Gasteiger charge is 2.30. The Morgan fingerprint density at radius 1 is 1.15 bits per heavy atom. The Kier molecular flexibility index (Phi) is 4.75. The molecule has 0 saturated carbocycles. The van der Waals surface area contributed by atoms with Crippen LogP contribution in [0.25, 0.3) is 0 Å². The molecule has 26 heavy (non-hydrogen) atoms. The van der Waals surface area contributed by atoms with E-state index in [4.69, 9.17) is 0 Å². The molecule has 0 spiro atoms. The molecule has 2 aromatic rings. The van der Waals surface area contributed by atoms with Gasteiger partial charge < -0.3 is 15.3 Å². The summed E-state index contributed by atoms with van der Waals surface area (Å²) in [7, 11) is 0. The summed E-state index contributed by atoms with van der Waals surface area (Å²) in [6, 6.07) is 11.5. The first-order chi connectivity index (χ1) is 12.3. The SMILES string of the molecule is Cc1cc(C)cc(C(NC(=O)CN2Cc3ccccc3C2=O)C(=O)O)c1. The number of carboxylic acid groups (broad SMARTS) is 1. The van der Waals surface area contributed by atoms with Gasteiger partial charge in [-0.25, -0.2) is 4.79 Å². The number of aryl methyl sites for hydroxylation is 2. The van der Waals surface area contributed by atoms with Crippen molar-refractivity contribution in [2.24, 2.45) is 0 Å². The number of nitrogens with one attached hydrogen (secondary N) is 1. The smallest absolute Gasteiger partial charge is 0.330 e. The number of carbonyl (C=O) groups is 3. The van der Waals surface area contributed by atoms with E-state index < -0.39 is 17.9 Å². The highest BCUT2D eigenvalue weighted by Crippen LogP contribution is 2.22. The summed E-state index contributed by atoms with van der Waals surface area (Å²) < 4.78 is 0. The fourth-order valence-corrected chi connectivity index (χ4v) is 3.29. The Labute approximate surface area is 151 Å². The van der Waals surface area contributed by atoms with Crippen molar-refractivity contribution < 1.29 is 19.5 Å². The van der Waals surface area contributed by atoms with Crippen LogP contribution in [0.2, 0.25) is 0 Å². The number of carboxylic acids is 1. The van der Waals surface area contributed by atoms with Crippen molar-refractivity contribution in [1.29, 1.82) is 0 Å². The van der Waals surface area contributed by atoms with Gasteiger partial charge in [-0.05, 0) is 31.0 Å². The molecule has 3 rings (SSSR count). The summed E-state index contributed by atoms with van der Waals surface area (Å²) in [6.07, 6.45) is 0. The molecule has 1 atom stereocenters. The van der Waals surface area contributed by atoms with Crippen molar-refractivity contribution in [3.05, 3.63) is 70.3 Å². The summed E-state index contributed by atoms with van der Waals surface area (Å²) in [5.74, 6) is -1.86. The lowest BCUT2D eigenvalue weighted by Gasteiger charge is -2.19. The molecular weight excluding hydrogens is 332 g/mol. The van der Waals surface area contributed by atoms with Crippen LogP contribution in [-0.2, 0) is 16.1 Å². The summed E-state index contributed by atoms with van der Waals surface area (Å²) in [5, 5.41) is 12.0. The van der Waals surface area contributed by atoms with E-state index in [9.17, 15) is 19.5 Å². The van der Waals surface area contributed by atoms with Crippen molar-refractivity contribution >= 4 is 17.8 Å². The van der Waals surface area contributed by atoms with Crippen LogP contribution in [0.5, 0.6) is 0 Å². The van der Waals surface area contributed by atoms with Gasteiger partial charge in [0.15, 0.2) is 6.04 Å². The molecule has 0 fully saturated rings. The third-order valence-corrected chi connectivity index (χ3v) is 4.36. The second kappa shape index (κ2) is 7.00. The zero-order valence-corrected chi connectivity index (χ0v) is 14.7. The van der Waals surface area contributed by atoms with E-state index >= 15 is 0 Å². The Balaban J connectivity index is 1.72. The van der Waals surface area contributed by atoms with Crippen LogP contribution < -0.4 is 5.32 Å². The highest BCUT2D eigenvalue weighted by molar-refractivity contribution is 6.00. The monoisotopic (exact) mass is 352 g/mol. The van der Waals surface area contributed by atoms with Crippen LogP contribution in [0.1, 0.15) is 38.7 Å². The summed E-state index contributed by atoms with van der Waals surface area (Å²) >= 11 is 0. The number of carbonyl (C=O) groups excluding carboxylic acids is 2. The molecule has 0 saturated heterocycles. The lowest BCUT2D eigenvalue weighted by atomic mass is 10.0. The Morgan fingerprint density at radius 3 is 2.42 bits per heavy atom. The lowest BCUT2D eigenvalue weighted by molar-refractivity contribution is -0.142. The molecule has 0 bridgehead atoms. The van der Waals surface area contributed by atoms with Crippen LogP contribution in [0, 0.1) is 13.8 Å². The van der Waals surface area contributed by atoms with Crippen molar-refractivity contribution in [2.45, 2.75) is 26.4 Å². The van der Waals surface area contributed by atoms with Crippen molar-refractivity contribution in [1.82, 2.24) is 10.2 Å². The van der Waals surface area contributed by atoms with Gasteiger partial charge in [0.1, 0.15) is 6.54 Å². The minimum Gasteiger partial charge on any atom is -0.479 e. The fraction of sp³-hybridized carbons (Fsp3) is 0.250. The van der Waals surface area contributed by atoms with Gasteiger partial charge in [0, 0.05) is 12.1 Å². The van der Waals surface area contributed by atoms with Gasteiger partial charge in [-0.3, -0.25) is 9.59 Å². The molecular formula is C20H20N2O4. The Hall–Kier alpha value is -3.15. The molecule has 1 aliphatic rings. The second-order valence-electron chi connectivity index (χ2n) is 6.58. The number of hydrogen-bond acceptors (Lipinski definition) is 3. The maximum Gasteiger partial charge on any atom is 0.330 e. The molecule has 1 aliphatic heterocycles. The van der Waals surface area contributed by atoms with E-state index in [2.05, 4.69) is 5.32 Å². The summed E-state index contributed by atoms with van der Waals surface area (Å²) in [5.41, 5.74) is 3.81. The molecule has 2 N–H and O–H groups in total. The third-order valence-electron chi connectivity index (χ3n) is 4.36. The molecule has 0 aliphatic carbocycles. The number of amides is 2. The largest absolute Gasteiger partial charge is 0.479 e. The minimum atomic E-state index is -1.15. The highest BCUT2D eigenvalue weighted by atomic mass is 16.4. The van der Waals surface area contributed by atoms with Gasteiger partial charge in [-0.1, -0.05) is 47.5 Å². The quantitative estimate of drug-likeness (QED) is 0.864. The predicted octanol–water partition coefficient (Wildman–Crippen LogP) is 2.20. The lowest BCUT2D eigenvalue weighted by Crippen LogP contribution is -2.41. The molecule has 0 aromatic heterocycles. The van der Waals surface area contributed by atoms with Gasteiger partial charge in [0.25, 0.3) is 5.91 Å². The number of hydrogen-bond donors (Lipinski definition) is 2. The summed E-state index contributed by atoms with van der Waals surface area (Å²) in [6.45, 7) is 3.92. The van der Waals surface area contributed by atoms with Gasteiger partial charge in [0.2, 0.25) is 5.91 Å². The van der Waals surface area contributed by atoms with Crippen LogP contribution in [-0.4, -0.2) is 34.3 Å². The molecule has 1 heterocycles. The van der Waals surface area contributed by atoms with Gasteiger partial charge in [0.05, 0.1) is 0 Å². The van der Waals surface area contributed by atoms with E-state index in [1.165, 1.54) is 4.90 Å². The van der Waals surface area contributed by atoms with Crippen molar-refractivity contribution in [2.75, 3.05) is 6.54 Å². The van der Waals surface area contributed by atoms with Gasteiger partial charge in [-0.15, -0.1) is 0 Å². The predicted molar refractivity (Wildman–Crippen MR) is 95.6 cm³/mol. The summed E-state index contributed by atoms with van der Waals surface area (Å²) in [4.78, 5) is 37.8. The van der Waals surface area contributed by atoms with E-state index in [-0.39, 0.29) is 12.5 Å². The minimum absolute atomic E-state index is 0.178. The molecule has 0 radical (unpaired) electrons. The van der Waals surface area contributed by atoms with E-state index in [0.717, 1.165) is 16.7 Å². The van der Waals surface area contributed by atoms with E-state index in [1.54, 1.807) is 24.3 Å². The van der Waals surface area contributed by atoms with Crippen molar-refractivity contribution in [3.63, 3.8) is 0 Å². The first-order valence-corrected chi connectivity index (χ1v) is 8.32. The maximum atomic E-state index is 12.4. The fourth-order valence-electron chi connectivity index (χ4n) is 3.29.